The van der Waals surface area contributed by atoms with Gasteiger partial charge in [0.05, 0.1) is 0 Å². The predicted octanol–water partition coefficient (Wildman–Crippen LogP) is 4.74. The molecular weight excluding hydrogens is 360 g/mol. The summed E-state index contributed by atoms with van der Waals surface area (Å²) in [6.07, 6.45) is 1.97. The van der Waals surface area contributed by atoms with Gasteiger partial charge < -0.3 is 10.2 Å². The number of nitrogens with one attached hydrogen (secondary N) is 1. The van der Waals surface area contributed by atoms with Crippen molar-refractivity contribution in [1.82, 2.24) is 10.2 Å². The van der Waals surface area contributed by atoms with Crippen molar-refractivity contribution in [2.24, 2.45) is 0 Å². The van der Waals surface area contributed by atoms with Crippen LogP contribution in [0.4, 0.5) is 0 Å². The van der Waals surface area contributed by atoms with Crippen LogP contribution in [0.15, 0.2) is 54.6 Å². The lowest BCUT2D eigenvalue weighted by molar-refractivity contribution is -0.141. The van der Waals surface area contributed by atoms with E-state index < -0.39 is 6.04 Å². The SMILES string of the molecule is CCCNC(=O)[C@@H](c1ccccc1)N(Cc1ccc(Cl)cc1)C(=O)CCC. The molecule has 0 heterocycles. The first kappa shape index (κ1) is 21.0. The van der Waals surface area contributed by atoms with Gasteiger partial charge in [-0.3, -0.25) is 9.59 Å². The molecule has 0 aliphatic carbocycles. The van der Waals surface area contributed by atoms with Crippen molar-refractivity contribution in [3.63, 3.8) is 0 Å². The number of carbonyl (C=O) groups excluding carboxylic acids is 2. The van der Waals surface area contributed by atoms with Crippen LogP contribution in [0.1, 0.15) is 50.3 Å². The second-order valence-corrected chi connectivity index (χ2v) is 6.94. The van der Waals surface area contributed by atoms with Gasteiger partial charge in [-0.1, -0.05) is 67.9 Å². The molecule has 27 heavy (non-hydrogen) atoms. The van der Waals surface area contributed by atoms with Crippen LogP contribution in [0.5, 0.6) is 0 Å². The number of hydrogen-bond acceptors (Lipinski definition) is 2. The van der Waals surface area contributed by atoms with E-state index in [4.69, 9.17) is 11.6 Å². The summed E-state index contributed by atoms with van der Waals surface area (Å²) in [5.41, 5.74) is 1.75. The van der Waals surface area contributed by atoms with Gasteiger partial charge in [0.2, 0.25) is 11.8 Å². The molecule has 0 radical (unpaired) electrons. The number of hydrogen-bond donors (Lipinski definition) is 1. The number of halogens is 1. The van der Waals surface area contributed by atoms with E-state index in [2.05, 4.69) is 5.32 Å². The number of rotatable bonds is 9. The molecule has 2 amide bonds. The zero-order chi connectivity index (χ0) is 19.6. The van der Waals surface area contributed by atoms with Crippen molar-refractivity contribution >= 4 is 23.4 Å². The molecule has 0 spiro atoms. The first-order chi connectivity index (χ1) is 13.1. The molecule has 2 aromatic carbocycles. The molecule has 0 saturated carbocycles. The van der Waals surface area contributed by atoms with Crippen molar-refractivity contribution in [3.8, 4) is 0 Å². The van der Waals surface area contributed by atoms with Crippen LogP contribution < -0.4 is 5.32 Å². The quantitative estimate of drug-likeness (QED) is 0.676. The fourth-order valence-electron chi connectivity index (χ4n) is 2.92. The summed E-state index contributed by atoms with van der Waals surface area (Å²) in [7, 11) is 0. The molecule has 5 heteroatoms. The summed E-state index contributed by atoms with van der Waals surface area (Å²) in [4.78, 5) is 27.6. The Morgan fingerprint density at radius 1 is 1.00 bits per heavy atom. The van der Waals surface area contributed by atoms with Crippen LogP contribution in [0, 0.1) is 0 Å². The smallest absolute Gasteiger partial charge is 0.247 e. The minimum absolute atomic E-state index is 0.0343. The largest absolute Gasteiger partial charge is 0.354 e. The number of carbonyl (C=O) groups is 2. The molecule has 2 rings (SSSR count). The number of benzene rings is 2. The molecule has 4 nitrogen and oxygen atoms in total. The van der Waals surface area contributed by atoms with Crippen molar-refractivity contribution in [2.45, 2.75) is 45.7 Å². The first-order valence-corrected chi connectivity index (χ1v) is 9.81. The molecule has 1 atom stereocenters. The van der Waals surface area contributed by atoms with Gasteiger partial charge in [0, 0.05) is 24.5 Å². The Morgan fingerprint density at radius 2 is 1.67 bits per heavy atom. The maximum atomic E-state index is 13.0. The molecule has 0 saturated heterocycles. The lowest BCUT2D eigenvalue weighted by Gasteiger charge is -2.31. The zero-order valence-corrected chi connectivity index (χ0v) is 16.7. The normalized spacial score (nSPS) is 11.7. The average molecular weight is 387 g/mol. The maximum Gasteiger partial charge on any atom is 0.247 e. The second-order valence-electron chi connectivity index (χ2n) is 6.50. The summed E-state index contributed by atoms with van der Waals surface area (Å²) in [6.45, 7) is 4.91. The van der Waals surface area contributed by atoms with Gasteiger partial charge in [0.25, 0.3) is 0 Å². The van der Waals surface area contributed by atoms with Gasteiger partial charge in [-0.15, -0.1) is 0 Å². The summed E-state index contributed by atoms with van der Waals surface area (Å²) < 4.78 is 0. The van der Waals surface area contributed by atoms with E-state index in [9.17, 15) is 9.59 Å². The fraction of sp³-hybridized carbons (Fsp3) is 0.364. The second kappa shape index (κ2) is 10.7. The number of amides is 2. The topological polar surface area (TPSA) is 49.4 Å². The number of nitrogens with zero attached hydrogens (tertiary/aromatic N) is 1. The molecule has 144 valence electrons. The van der Waals surface area contributed by atoms with Crippen molar-refractivity contribution in [2.75, 3.05) is 6.54 Å². The highest BCUT2D eigenvalue weighted by Crippen LogP contribution is 2.25. The Hall–Kier alpha value is -2.33. The third kappa shape index (κ3) is 6.10. The Morgan fingerprint density at radius 3 is 2.26 bits per heavy atom. The van der Waals surface area contributed by atoms with E-state index in [1.807, 2.05) is 56.3 Å². The Labute approximate surface area is 166 Å². The standard InChI is InChI=1S/C22H27ClN2O2/c1-3-8-20(26)25(16-17-11-13-19(23)14-12-17)21(22(27)24-15-4-2)18-9-6-5-7-10-18/h5-7,9-14,21H,3-4,8,15-16H2,1-2H3,(H,24,27)/t21-/m1/s1. The summed E-state index contributed by atoms with van der Waals surface area (Å²) in [5, 5.41) is 3.59. The maximum absolute atomic E-state index is 13.0. The molecule has 0 aromatic heterocycles. The molecule has 0 unspecified atom stereocenters. The van der Waals surface area contributed by atoms with Crippen LogP contribution in [0.2, 0.25) is 5.02 Å². The molecule has 0 aliphatic heterocycles. The van der Waals surface area contributed by atoms with Crippen LogP contribution >= 0.6 is 11.6 Å². The molecule has 1 N–H and O–H groups in total. The summed E-state index contributed by atoms with van der Waals surface area (Å²) >= 11 is 5.98. The van der Waals surface area contributed by atoms with Gasteiger partial charge in [-0.2, -0.15) is 0 Å². The Kier molecular flexibility index (Phi) is 8.34. The highest BCUT2D eigenvalue weighted by molar-refractivity contribution is 6.30. The van der Waals surface area contributed by atoms with Gasteiger partial charge in [-0.05, 0) is 36.1 Å². The van der Waals surface area contributed by atoms with Crippen LogP contribution in [0.25, 0.3) is 0 Å². The van der Waals surface area contributed by atoms with E-state index >= 15 is 0 Å². The first-order valence-electron chi connectivity index (χ1n) is 9.43. The molecular formula is C22H27ClN2O2. The molecule has 0 bridgehead atoms. The van der Waals surface area contributed by atoms with Crippen molar-refractivity contribution < 1.29 is 9.59 Å². The van der Waals surface area contributed by atoms with E-state index in [0.29, 0.717) is 24.5 Å². The molecule has 0 aliphatic rings. The minimum Gasteiger partial charge on any atom is -0.354 e. The van der Waals surface area contributed by atoms with E-state index in [1.165, 1.54) is 0 Å². The van der Waals surface area contributed by atoms with Gasteiger partial charge in [0.1, 0.15) is 6.04 Å². The van der Waals surface area contributed by atoms with Gasteiger partial charge in [-0.25, -0.2) is 0 Å². The van der Waals surface area contributed by atoms with Crippen LogP contribution in [-0.4, -0.2) is 23.3 Å². The van der Waals surface area contributed by atoms with E-state index in [-0.39, 0.29) is 11.8 Å². The van der Waals surface area contributed by atoms with E-state index in [1.54, 1.807) is 17.0 Å². The molecule has 0 fully saturated rings. The Balaban J connectivity index is 2.39. The lowest BCUT2D eigenvalue weighted by atomic mass is 10.0. The summed E-state index contributed by atoms with van der Waals surface area (Å²) in [5.74, 6) is -0.186. The van der Waals surface area contributed by atoms with Crippen molar-refractivity contribution in [1.29, 1.82) is 0 Å². The highest BCUT2D eigenvalue weighted by Gasteiger charge is 2.30. The van der Waals surface area contributed by atoms with Gasteiger partial charge in [0.15, 0.2) is 0 Å². The third-order valence-electron chi connectivity index (χ3n) is 4.27. The lowest BCUT2D eigenvalue weighted by Crippen LogP contribution is -2.43. The fourth-order valence-corrected chi connectivity index (χ4v) is 3.05. The van der Waals surface area contributed by atoms with Crippen LogP contribution in [0.3, 0.4) is 0 Å². The summed E-state index contributed by atoms with van der Waals surface area (Å²) in [6, 6.07) is 16.2. The predicted molar refractivity (Wildman–Crippen MR) is 109 cm³/mol. The third-order valence-corrected chi connectivity index (χ3v) is 4.53. The van der Waals surface area contributed by atoms with E-state index in [0.717, 1.165) is 24.0 Å². The minimum atomic E-state index is -0.660. The highest BCUT2D eigenvalue weighted by atomic mass is 35.5. The monoisotopic (exact) mass is 386 g/mol. The zero-order valence-electron chi connectivity index (χ0n) is 16.0. The Bertz CT molecular complexity index is 732. The average Bonchev–Trinajstić information content (AvgIpc) is 2.68. The van der Waals surface area contributed by atoms with Gasteiger partial charge >= 0.3 is 0 Å². The molecule has 2 aromatic rings. The van der Waals surface area contributed by atoms with Crippen molar-refractivity contribution in [3.05, 3.63) is 70.7 Å². The van der Waals surface area contributed by atoms with Crippen LogP contribution in [-0.2, 0) is 16.1 Å².